The van der Waals surface area contributed by atoms with Crippen molar-refractivity contribution in [3.05, 3.63) is 40.4 Å². The van der Waals surface area contributed by atoms with Crippen LogP contribution in [0, 0.1) is 18.3 Å². The van der Waals surface area contributed by atoms with Crippen LogP contribution >= 0.6 is 11.3 Å². The molecule has 1 aromatic carbocycles. The minimum atomic E-state index is -0.371. The summed E-state index contributed by atoms with van der Waals surface area (Å²) in [7, 11) is 0. The summed E-state index contributed by atoms with van der Waals surface area (Å²) in [6, 6.07) is 7.96. The van der Waals surface area contributed by atoms with Crippen molar-refractivity contribution < 1.29 is 9.90 Å². The van der Waals surface area contributed by atoms with Gasteiger partial charge in [0.25, 0.3) is 5.91 Å². The highest BCUT2D eigenvalue weighted by Crippen LogP contribution is 2.22. The lowest BCUT2D eigenvalue weighted by molar-refractivity contribution is 0.102. The highest BCUT2D eigenvalue weighted by atomic mass is 32.1. The number of aromatic hydroxyl groups is 1. The fourth-order valence-electron chi connectivity index (χ4n) is 1.37. The number of phenolic OH excluding ortho intramolecular Hbond substituents is 1. The van der Waals surface area contributed by atoms with E-state index in [0.29, 0.717) is 16.4 Å². The zero-order chi connectivity index (χ0) is 13.1. The van der Waals surface area contributed by atoms with Crippen LogP contribution in [0.25, 0.3) is 0 Å². The second-order valence-corrected chi connectivity index (χ2v) is 4.74. The molecule has 2 N–H and O–H groups in total. The second-order valence-electron chi connectivity index (χ2n) is 3.54. The zero-order valence-electron chi connectivity index (χ0n) is 9.47. The molecule has 2 rings (SSSR count). The Labute approximate surface area is 107 Å². The Morgan fingerprint density at radius 3 is 2.94 bits per heavy atom. The monoisotopic (exact) mass is 259 g/mol. The van der Waals surface area contributed by atoms with Crippen molar-refractivity contribution in [3.63, 3.8) is 0 Å². The molecule has 0 bridgehead atoms. The topological polar surface area (TPSA) is 86.0 Å². The molecule has 1 aromatic heterocycles. The molecule has 0 saturated heterocycles. The van der Waals surface area contributed by atoms with E-state index >= 15 is 0 Å². The number of phenols is 1. The van der Waals surface area contributed by atoms with Crippen molar-refractivity contribution in [2.45, 2.75) is 6.92 Å². The highest BCUT2D eigenvalue weighted by Gasteiger charge is 2.11. The van der Waals surface area contributed by atoms with Crippen LogP contribution in [-0.4, -0.2) is 16.0 Å². The van der Waals surface area contributed by atoms with E-state index in [9.17, 15) is 9.90 Å². The molecule has 0 aliphatic heterocycles. The Bertz CT molecular complexity index is 643. The maximum Gasteiger partial charge on any atom is 0.257 e. The van der Waals surface area contributed by atoms with E-state index in [4.69, 9.17) is 5.26 Å². The molecule has 0 unspecified atom stereocenters. The number of rotatable bonds is 2. The fraction of sp³-hybridized carbons (Fsp3) is 0.0833. The van der Waals surface area contributed by atoms with Crippen LogP contribution in [0.4, 0.5) is 5.13 Å². The van der Waals surface area contributed by atoms with Crippen LogP contribution in [0.3, 0.4) is 0 Å². The van der Waals surface area contributed by atoms with Crippen molar-refractivity contribution in [2.75, 3.05) is 5.32 Å². The van der Waals surface area contributed by atoms with Crippen molar-refractivity contribution in [1.29, 1.82) is 5.26 Å². The Hall–Kier alpha value is -2.39. The molecule has 1 heterocycles. The maximum atomic E-state index is 11.8. The van der Waals surface area contributed by atoms with Crippen LogP contribution in [0.2, 0.25) is 0 Å². The third kappa shape index (κ3) is 2.47. The fourth-order valence-corrected chi connectivity index (χ4v) is 2.13. The molecule has 0 radical (unpaired) electrons. The molecule has 1 amide bonds. The number of amides is 1. The molecule has 18 heavy (non-hydrogen) atoms. The number of carbonyl (C=O) groups is 1. The van der Waals surface area contributed by atoms with E-state index in [-0.39, 0.29) is 11.7 Å². The first kappa shape index (κ1) is 12.1. The number of benzene rings is 1. The van der Waals surface area contributed by atoms with Gasteiger partial charge in [-0.05, 0) is 25.1 Å². The average Bonchev–Trinajstić information content (AvgIpc) is 2.69. The molecular formula is C12H9N3O2S. The van der Waals surface area contributed by atoms with Gasteiger partial charge >= 0.3 is 0 Å². The van der Waals surface area contributed by atoms with Crippen molar-refractivity contribution in [1.82, 2.24) is 4.98 Å². The van der Waals surface area contributed by atoms with E-state index in [1.54, 1.807) is 19.1 Å². The summed E-state index contributed by atoms with van der Waals surface area (Å²) in [6.07, 6.45) is 0. The van der Waals surface area contributed by atoms with Gasteiger partial charge in [-0.2, -0.15) is 5.26 Å². The number of anilines is 1. The van der Waals surface area contributed by atoms with Crippen molar-refractivity contribution in [2.24, 2.45) is 0 Å². The molecule has 0 atom stereocenters. The normalized spacial score (nSPS) is 9.78. The quantitative estimate of drug-likeness (QED) is 0.866. The van der Waals surface area contributed by atoms with Gasteiger partial charge in [-0.1, -0.05) is 6.07 Å². The minimum absolute atomic E-state index is 0.0238. The van der Waals surface area contributed by atoms with Crippen LogP contribution in [0.15, 0.2) is 24.3 Å². The smallest absolute Gasteiger partial charge is 0.257 e. The Balaban J connectivity index is 2.19. The number of aromatic nitrogens is 1. The first-order valence-electron chi connectivity index (χ1n) is 5.08. The number of nitrogens with one attached hydrogen (secondary N) is 1. The standard InChI is InChI=1S/C12H9N3O2S/c1-7-10(6-13)14-12(18-7)15-11(17)8-3-2-4-9(16)5-8/h2-5,16H,1H3,(H,14,15,17). The molecule has 2 aromatic rings. The molecule has 6 heteroatoms. The maximum absolute atomic E-state index is 11.8. The third-order valence-corrected chi connectivity index (χ3v) is 3.12. The number of thiazole rings is 1. The lowest BCUT2D eigenvalue weighted by atomic mass is 10.2. The zero-order valence-corrected chi connectivity index (χ0v) is 10.3. The van der Waals surface area contributed by atoms with Gasteiger partial charge < -0.3 is 5.11 Å². The summed E-state index contributed by atoms with van der Waals surface area (Å²) in [5.41, 5.74) is 0.646. The largest absolute Gasteiger partial charge is 0.508 e. The number of nitrogens with zero attached hydrogens (tertiary/aromatic N) is 2. The molecule has 0 aliphatic carbocycles. The van der Waals surface area contributed by atoms with Crippen molar-refractivity contribution in [3.8, 4) is 11.8 Å². The summed E-state index contributed by atoms with van der Waals surface area (Å²) < 4.78 is 0. The van der Waals surface area contributed by atoms with Crippen LogP contribution < -0.4 is 5.32 Å². The predicted molar refractivity (Wildman–Crippen MR) is 67.6 cm³/mol. The minimum Gasteiger partial charge on any atom is -0.508 e. The molecular weight excluding hydrogens is 250 g/mol. The third-order valence-electron chi connectivity index (χ3n) is 2.23. The van der Waals surface area contributed by atoms with Gasteiger partial charge in [0.05, 0.1) is 0 Å². The Morgan fingerprint density at radius 1 is 1.56 bits per heavy atom. The van der Waals surface area contributed by atoms with Gasteiger partial charge in [-0.3, -0.25) is 10.1 Å². The molecule has 90 valence electrons. The number of aryl methyl sites for hydroxylation is 1. The van der Waals surface area contributed by atoms with Gasteiger partial charge in [0.1, 0.15) is 11.8 Å². The highest BCUT2D eigenvalue weighted by molar-refractivity contribution is 7.15. The predicted octanol–water partition coefficient (Wildman–Crippen LogP) is 2.28. The summed E-state index contributed by atoms with van der Waals surface area (Å²) >= 11 is 1.24. The molecule has 0 saturated carbocycles. The summed E-state index contributed by atoms with van der Waals surface area (Å²) in [5.74, 6) is -0.347. The van der Waals surface area contributed by atoms with Crippen molar-refractivity contribution >= 4 is 22.4 Å². The van der Waals surface area contributed by atoms with E-state index < -0.39 is 0 Å². The van der Waals surface area contributed by atoms with Gasteiger partial charge in [0.15, 0.2) is 10.8 Å². The van der Waals surface area contributed by atoms with Crippen LogP contribution in [0.5, 0.6) is 5.75 Å². The van der Waals surface area contributed by atoms with E-state index in [1.807, 2.05) is 6.07 Å². The molecule has 0 aliphatic rings. The molecule has 0 spiro atoms. The molecule has 5 nitrogen and oxygen atoms in total. The van der Waals surface area contributed by atoms with Crippen LogP contribution in [0.1, 0.15) is 20.9 Å². The first-order chi connectivity index (χ1) is 8.60. The van der Waals surface area contributed by atoms with Crippen LogP contribution in [-0.2, 0) is 0 Å². The SMILES string of the molecule is Cc1sc(NC(=O)c2cccc(O)c2)nc1C#N. The molecule has 0 fully saturated rings. The number of nitriles is 1. The lowest BCUT2D eigenvalue weighted by Gasteiger charge is -2.01. The lowest BCUT2D eigenvalue weighted by Crippen LogP contribution is -2.11. The number of hydrogen-bond acceptors (Lipinski definition) is 5. The number of hydrogen-bond donors (Lipinski definition) is 2. The average molecular weight is 259 g/mol. The van der Waals surface area contributed by atoms with Gasteiger partial charge in [0.2, 0.25) is 0 Å². The Morgan fingerprint density at radius 2 is 2.33 bits per heavy atom. The Kier molecular flexibility index (Phi) is 3.26. The van der Waals surface area contributed by atoms with Gasteiger partial charge in [-0.15, -0.1) is 11.3 Å². The summed E-state index contributed by atoms with van der Waals surface area (Å²) in [6.45, 7) is 1.76. The number of carbonyl (C=O) groups excluding carboxylic acids is 1. The summed E-state index contributed by atoms with van der Waals surface area (Å²) in [5, 5.41) is 21.0. The van der Waals surface area contributed by atoms with E-state index in [1.165, 1.54) is 23.5 Å². The van der Waals surface area contributed by atoms with Gasteiger partial charge in [-0.25, -0.2) is 4.98 Å². The first-order valence-corrected chi connectivity index (χ1v) is 5.89. The van der Waals surface area contributed by atoms with E-state index in [2.05, 4.69) is 10.3 Å². The van der Waals surface area contributed by atoms with Gasteiger partial charge in [0, 0.05) is 10.4 Å². The summed E-state index contributed by atoms with van der Waals surface area (Å²) in [4.78, 5) is 16.6. The second kappa shape index (κ2) is 4.85. The van der Waals surface area contributed by atoms with E-state index in [0.717, 1.165) is 4.88 Å².